The molecule has 10 heterocycles. The Morgan fingerprint density at radius 3 is 1.70 bits per heavy atom. The quantitative estimate of drug-likeness (QED) is 0.107. The van der Waals surface area contributed by atoms with Gasteiger partial charge in [-0.05, 0) is 102 Å². The van der Waals surface area contributed by atoms with Crippen molar-refractivity contribution < 1.29 is 19.1 Å². The molecule has 0 radical (unpaired) electrons. The van der Waals surface area contributed by atoms with Crippen LogP contribution in [0.1, 0.15) is 78.8 Å². The number of likely N-dealkylation sites (tertiary alicyclic amines) is 1. The summed E-state index contributed by atoms with van der Waals surface area (Å²) in [4.78, 5) is 59.1. The average molecular weight is 975 g/mol. The van der Waals surface area contributed by atoms with Gasteiger partial charge in [-0.3, -0.25) is 27.8 Å². The highest BCUT2D eigenvalue weighted by Crippen LogP contribution is 2.30. The smallest absolute Gasteiger partial charge is 0.410 e. The maximum atomic E-state index is 13.4. The summed E-state index contributed by atoms with van der Waals surface area (Å²) in [6, 6.07) is 3.73. The van der Waals surface area contributed by atoms with E-state index >= 15 is 0 Å². The molecule has 2 fully saturated rings. The van der Waals surface area contributed by atoms with Gasteiger partial charge in [-0.15, -0.1) is 0 Å². The minimum atomic E-state index is -0.580. The van der Waals surface area contributed by atoms with E-state index in [4.69, 9.17) is 4.74 Å². The van der Waals surface area contributed by atoms with Crippen molar-refractivity contribution in [1.29, 1.82) is 0 Å². The van der Waals surface area contributed by atoms with Crippen LogP contribution in [0.15, 0.2) is 61.7 Å². The van der Waals surface area contributed by atoms with Crippen LogP contribution in [0.5, 0.6) is 0 Å². The molecule has 24 heteroatoms. The van der Waals surface area contributed by atoms with Crippen LogP contribution in [0.3, 0.4) is 0 Å². The lowest BCUT2D eigenvalue weighted by molar-refractivity contribution is 0.0185. The molecule has 0 saturated carbocycles. The second-order valence-corrected chi connectivity index (χ2v) is 19.7. The predicted octanol–water partition coefficient (Wildman–Crippen LogP) is 5.89. The standard InChI is InChI=1S/C25H31N9O3S.C20H23N9OS/c1-15-9-20(38-31-15)30-21-22-26-11-19(16-10-27-32(5)12-16)34(22)14-18(29-21)23(35)28-17-7-6-8-33(13-17)24(36)37-25(2,3)4;1-12-6-17(31-27-12)26-18-19-22-9-16(13-7-23-28(2)10-13)29(19)11-15(25-18)20(30)24-14-4-3-5-21-8-14/h9-12,14,17H,6-8,13H2,1-5H3,(H,28,35)(H,29,30);6-7,9-11,14,21H,3-5,8H2,1-2H3,(H,24,30)(H,25,26). The molecule has 5 N–H and O–H groups in total. The first-order valence-corrected chi connectivity index (χ1v) is 24.1. The zero-order valence-electron chi connectivity index (χ0n) is 39.3. The number of aryl methyl sites for hydroxylation is 4. The van der Waals surface area contributed by atoms with E-state index in [0.29, 0.717) is 41.7 Å². The minimum Gasteiger partial charge on any atom is -0.444 e. The maximum absolute atomic E-state index is 13.4. The summed E-state index contributed by atoms with van der Waals surface area (Å²) in [6.07, 6.45) is 17.4. The molecule has 8 aromatic rings. The van der Waals surface area contributed by atoms with E-state index in [1.54, 1.807) is 51.4 Å². The van der Waals surface area contributed by atoms with E-state index in [2.05, 4.69) is 65.5 Å². The van der Waals surface area contributed by atoms with Crippen molar-refractivity contribution in [3.8, 4) is 22.5 Å². The Labute approximate surface area is 405 Å². The third-order valence-electron chi connectivity index (χ3n) is 11.2. The number of anilines is 4. The van der Waals surface area contributed by atoms with Gasteiger partial charge < -0.3 is 36.2 Å². The van der Waals surface area contributed by atoms with Crippen LogP contribution in [0.4, 0.5) is 26.4 Å². The number of imidazole rings is 2. The highest BCUT2D eigenvalue weighted by Gasteiger charge is 2.30. The lowest BCUT2D eigenvalue weighted by Gasteiger charge is -2.34. The first-order valence-electron chi connectivity index (χ1n) is 22.6. The van der Waals surface area contributed by atoms with Crippen LogP contribution < -0.4 is 26.6 Å². The molecule has 8 aromatic heterocycles. The molecule has 2 atom stereocenters. The van der Waals surface area contributed by atoms with Gasteiger partial charge in [0.25, 0.3) is 11.8 Å². The molecular weight excluding hydrogens is 921 g/mol. The summed E-state index contributed by atoms with van der Waals surface area (Å²) >= 11 is 2.65. The van der Waals surface area contributed by atoms with E-state index in [9.17, 15) is 14.4 Å². The molecule has 22 nitrogen and oxygen atoms in total. The highest BCUT2D eigenvalue weighted by molar-refractivity contribution is 7.10. The minimum absolute atomic E-state index is 0.0971. The number of nitrogens with one attached hydrogen (secondary N) is 5. The van der Waals surface area contributed by atoms with E-state index in [1.807, 2.05) is 82.0 Å². The van der Waals surface area contributed by atoms with E-state index < -0.39 is 5.60 Å². The summed E-state index contributed by atoms with van der Waals surface area (Å²) in [5, 5.41) is 26.2. The SMILES string of the molecule is Cc1cc(Nc2nc(C(=O)NC3CCCN(C(=O)OC(C)(C)C)C3)cn3c(-c4cnn(C)c4)cnc23)sn1.Cc1cc(Nc2nc(C(=O)NC3CCCNC3)cn3c(-c4cnn(C)c4)cnc23)sn1. The van der Waals surface area contributed by atoms with Gasteiger partial charge >= 0.3 is 6.09 Å². The monoisotopic (exact) mass is 974 g/mol. The Hall–Kier alpha value is -7.31. The fourth-order valence-electron chi connectivity index (χ4n) is 8.06. The summed E-state index contributed by atoms with van der Waals surface area (Å²) in [5.74, 6) is 0.408. The Kier molecular flexibility index (Phi) is 13.4. The van der Waals surface area contributed by atoms with Crippen molar-refractivity contribution >= 4 is 73.9 Å². The molecule has 69 heavy (non-hydrogen) atoms. The van der Waals surface area contributed by atoms with Crippen molar-refractivity contribution in [3.05, 3.63) is 84.5 Å². The van der Waals surface area contributed by atoms with Gasteiger partial charge in [0.1, 0.15) is 27.0 Å². The summed E-state index contributed by atoms with van der Waals surface area (Å²) < 4.78 is 21.3. The molecular formula is C45H54N18O4S2. The van der Waals surface area contributed by atoms with Crippen LogP contribution in [-0.4, -0.2) is 124 Å². The lowest BCUT2D eigenvalue weighted by Crippen LogP contribution is -2.50. The normalized spacial score (nSPS) is 16.2. The fourth-order valence-corrected chi connectivity index (χ4v) is 9.38. The van der Waals surface area contributed by atoms with Gasteiger partial charge in [0, 0.05) is 81.7 Å². The van der Waals surface area contributed by atoms with Crippen molar-refractivity contribution in [1.82, 2.24) is 77.9 Å². The molecule has 0 aliphatic carbocycles. The van der Waals surface area contributed by atoms with Crippen LogP contribution in [0.2, 0.25) is 0 Å². The molecule has 0 bridgehead atoms. The van der Waals surface area contributed by atoms with Gasteiger partial charge in [0.2, 0.25) is 0 Å². The molecule has 2 aliphatic rings. The second kappa shape index (κ2) is 19.7. The first-order chi connectivity index (χ1) is 33.1. The van der Waals surface area contributed by atoms with Crippen LogP contribution in [0.25, 0.3) is 33.8 Å². The largest absolute Gasteiger partial charge is 0.444 e. The highest BCUT2D eigenvalue weighted by atomic mass is 32.1. The van der Waals surface area contributed by atoms with Gasteiger partial charge in [-0.1, -0.05) is 0 Å². The summed E-state index contributed by atoms with van der Waals surface area (Å²) in [7, 11) is 3.71. The van der Waals surface area contributed by atoms with E-state index in [-0.39, 0.29) is 35.7 Å². The number of fused-ring (bicyclic) bond motifs is 2. The molecule has 2 saturated heterocycles. The zero-order valence-corrected chi connectivity index (χ0v) is 41.0. The summed E-state index contributed by atoms with van der Waals surface area (Å²) in [6.45, 7) is 12.1. The Balaban J connectivity index is 0.000000175. The molecule has 360 valence electrons. The molecule has 0 aromatic carbocycles. The lowest BCUT2D eigenvalue weighted by atomic mass is 10.1. The molecule has 2 aliphatic heterocycles. The van der Waals surface area contributed by atoms with Gasteiger partial charge in [0.15, 0.2) is 22.9 Å². The maximum Gasteiger partial charge on any atom is 0.410 e. The van der Waals surface area contributed by atoms with Crippen LogP contribution in [0, 0.1) is 13.8 Å². The van der Waals surface area contributed by atoms with Crippen molar-refractivity contribution in [2.75, 3.05) is 36.8 Å². The number of ether oxygens (including phenoxy) is 1. The average Bonchev–Trinajstić information content (AvgIpc) is 4.19. The third-order valence-corrected chi connectivity index (χ3v) is 12.8. The fraction of sp³-hybridized carbons (Fsp3) is 0.400. The number of amides is 3. The van der Waals surface area contributed by atoms with Crippen molar-refractivity contribution in [2.24, 2.45) is 14.1 Å². The van der Waals surface area contributed by atoms with E-state index in [0.717, 1.165) is 82.7 Å². The molecule has 2 unspecified atom stereocenters. The Morgan fingerprint density at radius 1 is 0.725 bits per heavy atom. The zero-order chi connectivity index (χ0) is 48.4. The van der Waals surface area contributed by atoms with Gasteiger partial charge in [0.05, 0.1) is 47.6 Å². The van der Waals surface area contributed by atoms with Crippen molar-refractivity contribution in [3.63, 3.8) is 0 Å². The van der Waals surface area contributed by atoms with Gasteiger partial charge in [-0.25, -0.2) is 24.7 Å². The van der Waals surface area contributed by atoms with Crippen molar-refractivity contribution in [2.45, 2.75) is 78.0 Å². The number of carbonyl (C=O) groups excluding carboxylic acids is 3. The topological polar surface area (TPSA) is 246 Å². The number of hydrogen-bond donors (Lipinski definition) is 5. The number of nitrogens with zero attached hydrogens (tertiary/aromatic N) is 13. The molecule has 0 spiro atoms. The number of piperidine rings is 2. The number of hydrogen-bond acceptors (Lipinski definition) is 17. The van der Waals surface area contributed by atoms with E-state index in [1.165, 1.54) is 23.1 Å². The van der Waals surface area contributed by atoms with Gasteiger partial charge in [-0.2, -0.15) is 18.9 Å². The van der Waals surface area contributed by atoms with Crippen LogP contribution in [-0.2, 0) is 18.8 Å². The third kappa shape index (κ3) is 11.0. The predicted molar refractivity (Wildman–Crippen MR) is 262 cm³/mol. The number of aromatic nitrogens is 12. The Morgan fingerprint density at radius 2 is 1.25 bits per heavy atom. The molecule has 3 amide bonds. The number of rotatable bonds is 10. The number of carbonyl (C=O) groups is 3. The molecule has 10 rings (SSSR count). The summed E-state index contributed by atoms with van der Waals surface area (Å²) in [5.41, 5.74) is 6.34. The first kappa shape index (κ1) is 46.8. The van der Waals surface area contributed by atoms with Crippen LogP contribution >= 0.6 is 23.1 Å². The second-order valence-electron chi connectivity index (χ2n) is 18.1. The Bertz CT molecular complexity index is 3130.